The zero-order chi connectivity index (χ0) is 18.8. The second kappa shape index (κ2) is 16.7. The summed E-state index contributed by atoms with van der Waals surface area (Å²) >= 11 is 0. The van der Waals surface area contributed by atoms with Crippen molar-refractivity contribution in [2.24, 2.45) is 0 Å². The topological polar surface area (TPSA) is 72.5 Å². The molecule has 7 nitrogen and oxygen atoms in total. The maximum absolute atomic E-state index is 11.4. The first-order valence-corrected chi connectivity index (χ1v) is 9.06. The molecule has 0 heterocycles. The zero-order valence-electron chi connectivity index (χ0n) is 16.3. The van der Waals surface area contributed by atoms with Gasteiger partial charge in [-0.1, -0.05) is 6.92 Å². The molecule has 0 aliphatic rings. The summed E-state index contributed by atoms with van der Waals surface area (Å²) < 4.78 is 31.8. The molecule has 0 aromatic heterocycles. The van der Waals surface area contributed by atoms with E-state index in [4.69, 9.17) is 28.4 Å². The van der Waals surface area contributed by atoms with E-state index >= 15 is 0 Å². The quantitative estimate of drug-likeness (QED) is 0.289. The minimum atomic E-state index is -0.484. The fourth-order valence-electron chi connectivity index (χ4n) is 1.70. The standard InChI is InChI=1S/C18H36O7/c1-5-7-20-10-11-21-8-6-9-22-12-13-23-14-15-24-16-17(19)25-18(2,3)4/h5-16H2,1-4H3. The van der Waals surface area contributed by atoms with Crippen LogP contribution in [0.5, 0.6) is 0 Å². The molecule has 0 rings (SSSR count). The minimum Gasteiger partial charge on any atom is -0.458 e. The SMILES string of the molecule is CCCOCCOCCCOCCOCCOCC(=O)OC(C)(C)C. The molecule has 0 aromatic carbocycles. The fourth-order valence-corrected chi connectivity index (χ4v) is 1.70. The van der Waals surface area contributed by atoms with E-state index in [2.05, 4.69) is 6.92 Å². The average Bonchev–Trinajstić information content (AvgIpc) is 2.53. The fraction of sp³-hybridized carbons (Fsp3) is 0.944. The molecule has 0 N–H and O–H groups in total. The van der Waals surface area contributed by atoms with E-state index in [1.807, 2.05) is 20.8 Å². The largest absolute Gasteiger partial charge is 0.458 e. The van der Waals surface area contributed by atoms with Crippen LogP contribution in [0.3, 0.4) is 0 Å². The number of ether oxygens (including phenoxy) is 6. The van der Waals surface area contributed by atoms with Crippen molar-refractivity contribution in [1.82, 2.24) is 0 Å². The van der Waals surface area contributed by atoms with Gasteiger partial charge in [0.05, 0.1) is 39.6 Å². The summed E-state index contributed by atoms with van der Waals surface area (Å²) in [6.07, 6.45) is 1.89. The molecule has 0 saturated heterocycles. The third kappa shape index (κ3) is 21.2. The van der Waals surface area contributed by atoms with Gasteiger partial charge in [-0.15, -0.1) is 0 Å². The van der Waals surface area contributed by atoms with Crippen molar-refractivity contribution in [3.8, 4) is 0 Å². The van der Waals surface area contributed by atoms with Gasteiger partial charge in [-0.05, 0) is 33.6 Å². The minimum absolute atomic E-state index is 0.0549. The van der Waals surface area contributed by atoms with Crippen LogP contribution in [-0.4, -0.2) is 77.6 Å². The van der Waals surface area contributed by atoms with E-state index in [0.29, 0.717) is 52.9 Å². The molecule has 150 valence electrons. The van der Waals surface area contributed by atoms with Gasteiger partial charge in [0.25, 0.3) is 0 Å². The summed E-state index contributed by atoms with van der Waals surface area (Å²) in [4.78, 5) is 11.4. The van der Waals surface area contributed by atoms with E-state index in [1.165, 1.54) is 0 Å². The number of carbonyl (C=O) groups is 1. The third-order valence-electron chi connectivity index (χ3n) is 2.68. The van der Waals surface area contributed by atoms with Crippen LogP contribution in [0, 0.1) is 0 Å². The summed E-state index contributed by atoms with van der Waals surface area (Å²) in [6, 6.07) is 0. The van der Waals surface area contributed by atoms with Gasteiger partial charge in [-0.3, -0.25) is 0 Å². The molecule has 0 unspecified atom stereocenters. The molecule has 0 aromatic rings. The second-order valence-corrected chi connectivity index (χ2v) is 6.44. The van der Waals surface area contributed by atoms with E-state index in [-0.39, 0.29) is 12.6 Å². The molecular formula is C18H36O7. The molecule has 0 amide bonds. The molecule has 0 spiro atoms. The van der Waals surface area contributed by atoms with Crippen LogP contribution in [0.25, 0.3) is 0 Å². The predicted molar refractivity (Wildman–Crippen MR) is 94.8 cm³/mol. The van der Waals surface area contributed by atoms with Crippen molar-refractivity contribution in [2.45, 2.75) is 46.1 Å². The Balaban J connectivity index is 3.13. The van der Waals surface area contributed by atoms with Crippen LogP contribution in [0.4, 0.5) is 0 Å². The van der Waals surface area contributed by atoms with Crippen LogP contribution in [0.15, 0.2) is 0 Å². The lowest BCUT2D eigenvalue weighted by Crippen LogP contribution is -2.27. The Kier molecular flexibility index (Phi) is 16.2. The van der Waals surface area contributed by atoms with Crippen LogP contribution in [-0.2, 0) is 33.2 Å². The molecule has 0 saturated carbocycles. The lowest BCUT2D eigenvalue weighted by atomic mass is 10.2. The average molecular weight is 364 g/mol. The van der Waals surface area contributed by atoms with Crippen LogP contribution in [0.2, 0.25) is 0 Å². The van der Waals surface area contributed by atoms with Crippen molar-refractivity contribution in [3.63, 3.8) is 0 Å². The molecule has 25 heavy (non-hydrogen) atoms. The Morgan fingerprint density at radius 2 is 1.12 bits per heavy atom. The maximum Gasteiger partial charge on any atom is 0.332 e. The van der Waals surface area contributed by atoms with Gasteiger partial charge in [-0.2, -0.15) is 0 Å². The smallest absolute Gasteiger partial charge is 0.332 e. The Morgan fingerprint density at radius 1 is 0.680 bits per heavy atom. The third-order valence-corrected chi connectivity index (χ3v) is 2.68. The van der Waals surface area contributed by atoms with Gasteiger partial charge < -0.3 is 28.4 Å². The summed E-state index contributed by atoms with van der Waals surface area (Å²) in [7, 11) is 0. The van der Waals surface area contributed by atoms with Crippen molar-refractivity contribution in [1.29, 1.82) is 0 Å². The van der Waals surface area contributed by atoms with Gasteiger partial charge in [0.1, 0.15) is 12.2 Å². The van der Waals surface area contributed by atoms with Crippen molar-refractivity contribution in [2.75, 3.05) is 66.1 Å². The second-order valence-electron chi connectivity index (χ2n) is 6.44. The number of rotatable bonds is 17. The number of carbonyl (C=O) groups excluding carboxylic acids is 1. The Labute approximate surface area is 152 Å². The summed E-state index contributed by atoms with van der Waals surface area (Å²) in [5, 5.41) is 0. The molecule has 0 aliphatic carbocycles. The Morgan fingerprint density at radius 3 is 1.60 bits per heavy atom. The molecule has 0 atom stereocenters. The summed E-state index contributed by atoms with van der Waals surface area (Å²) in [6.45, 7) is 12.7. The van der Waals surface area contributed by atoms with Gasteiger partial charge in [0.2, 0.25) is 0 Å². The molecule has 0 aliphatic heterocycles. The lowest BCUT2D eigenvalue weighted by Gasteiger charge is -2.19. The molecule has 0 radical (unpaired) electrons. The van der Waals surface area contributed by atoms with Crippen molar-refractivity contribution in [3.05, 3.63) is 0 Å². The highest BCUT2D eigenvalue weighted by atomic mass is 16.6. The molecule has 7 heteroatoms. The molecular weight excluding hydrogens is 328 g/mol. The number of hydrogen-bond donors (Lipinski definition) is 0. The van der Waals surface area contributed by atoms with Gasteiger partial charge in [0, 0.05) is 19.8 Å². The van der Waals surface area contributed by atoms with E-state index < -0.39 is 5.60 Å². The van der Waals surface area contributed by atoms with Crippen molar-refractivity contribution < 1.29 is 33.2 Å². The maximum atomic E-state index is 11.4. The molecule has 0 bridgehead atoms. The van der Waals surface area contributed by atoms with Gasteiger partial charge >= 0.3 is 5.97 Å². The molecule has 0 fully saturated rings. The summed E-state index contributed by atoms with van der Waals surface area (Å²) in [5.74, 6) is -0.366. The van der Waals surface area contributed by atoms with Gasteiger partial charge in [-0.25, -0.2) is 4.79 Å². The number of hydrogen-bond acceptors (Lipinski definition) is 7. The van der Waals surface area contributed by atoms with E-state index in [0.717, 1.165) is 19.4 Å². The Hall–Kier alpha value is -0.730. The highest BCUT2D eigenvalue weighted by molar-refractivity contribution is 5.71. The first-order valence-electron chi connectivity index (χ1n) is 9.06. The normalized spacial score (nSPS) is 11.7. The van der Waals surface area contributed by atoms with E-state index in [9.17, 15) is 4.79 Å². The first kappa shape index (κ1) is 24.3. The monoisotopic (exact) mass is 364 g/mol. The van der Waals surface area contributed by atoms with Crippen LogP contribution < -0.4 is 0 Å². The first-order chi connectivity index (χ1) is 12.0. The van der Waals surface area contributed by atoms with Gasteiger partial charge in [0.15, 0.2) is 0 Å². The van der Waals surface area contributed by atoms with Crippen LogP contribution >= 0.6 is 0 Å². The Bertz CT molecular complexity index is 302. The highest BCUT2D eigenvalue weighted by Gasteiger charge is 2.15. The lowest BCUT2D eigenvalue weighted by molar-refractivity contribution is -0.160. The number of esters is 1. The van der Waals surface area contributed by atoms with Crippen LogP contribution in [0.1, 0.15) is 40.5 Å². The zero-order valence-corrected chi connectivity index (χ0v) is 16.3. The summed E-state index contributed by atoms with van der Waals surface area (Å²) in [5.41, 5.74) is -0.484. The van der Waals surface area contributed by atoms with E-state index in [1.54, 1.807) is 0 Å². The van der Waals surface area contributed by atoms with Crippen molar-refractivity contribution >= 4 is 5.97 Å². The highest BCUT2D eigenvalue weighted by Crippen LogP contribution is 2.06. The predicted octanol–water partition coefficient (Wildman–Crippen LogP) is 2.21.